The van der Waals surface area contributed by atoms with Crippen molar-refractivity contribution in [2.45, 2.75) is 19.0 Å². The van der Waals surface area contributed by atoms with Crippen molar-refractivity contribution in [1.82, 2.24) is 20.0 Å². The van der Waals surface area contributed by atoms with Gasteiger partial charge in [0.25, 0.3) is 0 Å². The largest absolute Gasteiger partial charge is 0.378 e. The van der Waals surface area contributed by atoms with Gasteiger partial charge in [0.1, 0.15) is 6.04 Å². The molecule has 1 saturated heterocycles. The number of nitrogens with one attached hydrogen (secondary N) is 1. The van der Waals surface area contributed by atoms with Gasteiger partial charge < -0.3 is 15.8 Å². The maximum atomic E-state index is 12.2. The molecule has 1 amide bonds. The Kier molecular flexibility index (Phi) is 5.11. The lowest BCUT2D eigenvalue weighted by atomic mass is 10.1. The highest BCUT2D eigenvalue weighted by atomic mass is 16.5. The van der Waals surface area contributed by atoms with Crippen LogP contribution in [0.2, 0.25) is 0 Å². The van der Waals surface area contributed by atoms with E-state index in [1.54, 1.807) is 4.68 Å². The summed E-state index contributed by atoms with van der Waals surface area (Å²) in [5.41, 5.74) is 6.96. The molecule has 0 spiro atoms. The zero-order valence-electron chi connectivity index (χ0n) is 12.1. The molecular formula is C13H23N5O2. The van der Waals surface area contributed by atoms with Gasteiger partial charge in [-0.2, -0.15) is 5.10 Å². The number of amides is 1. The van der Waals surface area contributed by atoms with Crippen LogP contribution in [-0.4, -0.2) is 59.5 Å². The monoisotopic (exact) mass is 281 g/mol. The van der Waals surface area contributed by atoms with E-state index < -0.39 is 0 Å². The van der Waals surface area contributed by atoms with E-state index in [0.29, 0.717) is 32.8 Å². The van der Waals surface area contributed by atoms with Crippen LogP contribution in [0.1, 0.15) is 18.5 Å². The van der Waals surface area contributed by atoms with E-state index in [1.165, 1.54) is 0 Å². The topological polar surface area (TPSA) is 85.4 Å². The van der Waals surface area contributed by atoms with E-state index in [-0.39, 0.29) is 18.0 Å². The molecule has 2 unspecified atom stereocenters. The summed E-state index contributed by atoms with van der Waals surface area (Å²) in [4.78, 5) is 14.3. The van der Waals surface area contributed by atoms with Gasteiger partial charge in [0, 0.05) is 38.4 Å². The molecule has 1 aromatic rings. The van der Waals surface area contributed by atoms with Crippen LogP contribution < -0.4 is 11.1 Å². The lowest BCUT2D eigenvalue weighted by Gasteiger charge is -2.39. The first-order valence-electron chi connectivity index (χ1n) is 6.97. The van der Waals surface area contributed by atoms with Gasteiger partial charge in [-0.25, -0.2) is 0 Å². The fourth-order valence-electron chi connectivity index (χ4n) is 2.58. The fraction of sp³-hybridized carbons (Fsp3) is 0.692. The predicted molar refractivity (Wildman–Crippen MR) is 75.0 cm³/mol. The minimum Gasteiger partial charge on any atom is -0.378 e. The SMILES string of the molecule is CCNC(=O)C1COCCN1C(CN)c1cnn(C)c1. The molecule has 2 heterocycles. The van der Waals surface area contributed by atoms with Gasteiger partial charge in [-0.15, -0.1) is 0 Å². The summed E-state index contributed by atoms with van der Waals surface area (Å²) in [6, 6.07) is -0.308. The number of nitrogens with two attached hydrogens (primary N) is 1. The van der Waals surface area contributed by atoms with Gasteiger partial charge >= 0.3 is 0 Å². The highest BCUT2D eigenvalue weighted by molar-refractivity contribution is 5.82. The van der Waals surface area contributed by atoms with Crippen molar-refractivity contribution in [3.8, 4) is 0 Å². The number of carbonyl (C=O) groups excluding carboxylic acids is 1. The first-order chi connectivity index (χ1) is 9.67. The van der Waals surface area contributed by atoms with Crippen molar-refractivity contribution < 1.29 is 9.53 Å². The summed E-state index contributed by atoms with van der Waals surface area (Å²) < 4.78 is 7.20. The molecule has 2 atom stereocenters. The number of nitrogens with zero attached hydrogens (tertiary/aromatic N) is 3. The molecule has 0 bridgehead atoms. The summed E-state index contributed by atoms with van der Waals surface area (Å²) in [5, 5.41) is 7.05. The second-order valence-corrected chi connectivity index (χ2v) is 4.92. The highest BCUT2D eigenvalue weighted by Gasteiger charge is 2.34. The average molecular weight is 281 g/mol. The molecule has 0 radical (unpaired) electrons. The molecule has 1 aliphatic heterocycles. The number of carbonyl (C=O) groups is 1. The Morgan fingerprint density at radius 2 is 2.50 bits per heavy atom. The molecule has 0 aromatic carbocycles. The zero-order chi connectivity index (χ0) is 14.5. The van der Waals surface area contributed by atoms with E-state index in [9.17, 15) is 4.79 Å². The number of rotatable bonds is 5. The number of aromatic nitrogens is 2. The van der Waals surface area contributed by atoms with Gasteiger partial charge in [-0.05, 0) is 6.92 Å². The lowest BCUT2D eigenvalue weighted by Crippen LogP contribution is -2.55. The Balaban J connectivity index is 2.18. The number of likely N-dealkylation sites (N-methyl/N-ethyl adjacent to an activating group) is 1. The van der Waals surface area contributed by atoms with Crippen LogP contribution in [0.3, 0.4) is 0 Å². The summed E-state index contributed by atoms with van der Waals surface area (Å²) >= 11 is 0. The molecule has 0 saturated carbocycles. The summed E-state index contributed by atoms with van der Waals surface area (Å²) in [6.07, 6.45) is 3.75. The minimum atomic E-state index is -0.294. The Labute approximate surface area is 119 Å². The second kappa shape index (κ2) is 6.83. The van der Waals surface area contributed by atoms with Crippen molar-refractivity contribution in [3.63, 3.8) is 0 Å². The normalized spacial score (nSPS) is 21.6. The first kappa shape index (κ1) is 15.0. The van der Waals surface area contributed by atoms with E-state index in [1.807, 2.05) is 26.4 Å². The van der Waals surface area contributed by atoms with Gasteiger partial charge in [0.05, 0.1) is 25.5 Å². The molecule has 3 N–H and O–H groups in total. The fourth-order valence-corrected chi connectivity index (χ4v) is 2.58. The molecule has 7 nitrogen and oxygen atoms in total. The average Bonchev–Trinajstić information content (AvgIpc) is 2.87. The number of aryl methyl sites for hydroxylation is 1. The van der Waals surface area contributed by atoms with Crippen LogP contribution in [0, 0.1) is 0 Å². The van der Waals surface area contributed by atoms with E-state index >= 15 is 0 Å². The van der Waals surface area contributed by atoms with Crippen LogP contribution in [0.4, 0.5) is 0 Å². The number of hydrogen-bond donors (Lipinski definition) is 2. The first-order valence-corrected chi connectivity index (χ1v) is 6.97. The molecule has 1 aromatic heterocycles. The van der Waals surface area contributed by atoms with E-state index in [2.05, 4.69) is 15.3 Å². The lowest BCUT2D eigenvalue weighted by molar-refractivity contribution is -0.134. The van der Waals surface area contributed by atoms with E-state index in [4.69, 9.17) is 10.5 Å². The van der Waals surface area contributed by atoms with Crippen LogP contribution >= 0.6 is 0 Å². The maximum Gasteiger partial charge on any atom is 0.239 e. The number of ether oxygens (including phenoxy) is 1. The Morgan fingerprint density at radius 3 is 3.10 bits per heavy atom. The smallest absolute Gasteiger partial charge is 0.239 e. The third kappa shape index (κ3) is 3.17. The van der Waals surface area contributed by atoms with Crippen LogP contribution in [0.15, 0.2) is 12.4 Å². The molecule has 1 fully saturated rings. The van der Waals surface area contributed by atoms with Crippen molar-refractivity contribution in [2.75, 3.05) is 32.8 Å². The Hall–Kier alpha value is -1.44. The summed E-state index contributed by atoms with van der Waals surface area (Å²) in [5.74, 6) is -0.00506. The van der Waals surface area contributed by atoms with Crippen LogP contribution in [0.5, 0.6) is 0 Å². The highest BCUT2D eigenvalue weighted by Crippen LogP contribution is 2.23. The summed E-state index contributed by atoms with van der Waals surface area (Å²) in [7, 11) is 1.87. The summed E-state index contributed by atoms with van der Waals surface area (Å²) in [6.45, 7) is 4.69. The Morgan fingerprint density at radius 1 is 1.70 bits per heavy atom. The standard InChI is InChI=1S/C13H23N5O2/c1-3-15-13(19)12-9-20-5-4-18(12)11(6-14)10-7-16-17(2)8-10/h7-8,11-12H,3-6,9,14H2,1-2H3,(H,15,19). The van der Waals surface area contributed by atoms with Crippen molar-refractivity contribution in [2.24, 2.45) is 12.8 Å². The number of morpholine rings is 1. The molecule has 0 aliphatic carbocycles. The molecule has 7 heteroatoms. The van der Waals surface area contributed by atoms with Gasteiger partial charge in [-0.3, -0.25) is 14.4 Å². The van der Waals surface area contributed by atoms with Crippen molar-refractivity contribution >= 4 is 5.91 Å². The van der Waals surface area contributed by atoms with E-state index in [0.717, 1.165) is 5.56 Å². The van der Waals surface area contributed by atoms with Gasteiger partial charge in [-0.1, -0.05) is 0 Å². The molecule has 2 rings (SSSR count). The molecule has 112 valence electrons. The van der Waals surface area contributed by atoms with Crippen molar-refractivity contribution in [1.29, 1.82) is 0 Å². The maximum absolute atomic E-state index is 12.2. The Bertz CT molecular complexity index is 448. The quantitative estimate of drug-likeness (QED) is 0.742. The zero-order valence-corrected chi connectivity index (χ0v) is 12.1. The second-order valence-electron chi connectivity index (χ2n) is 4.92. The van der Waals surface area contributed by atoms with Gasteiger partial charge in [0.15, 0.2) is 0 Å². The minimum absolute atomic E-state index is 0.00506. The third-order valence-electron chi connectivity index (χ3n) is 3.56. The van der Waals surface area contributed by atoms with Crippen molar-refractivity contribution in [3.05, 3.63) is 18.0 Å². The van der Waals surface area contributed by atoms with Crippen LogP contribution in [-0.2, 0) is 16.6 Å². The number of hydrogen-bond acceptors (Lipinski definition) is 5. The predicted octanol–water partition coefficient (Wildman–Crippen LogP) is -0.743. The molecule has 1 aliphatic rings. The third-order valence-corrected chi connectivity index (χ3v) is 3.56. The molecular weight excluding hydrogens is 258 g/mol. The van der Waals surface area contributed by atoms with Crippen LogP contribution in [0.25, 0.3) is 0 Å². The van der Waals surface area contributed by atoms with Gasteiger partial charge in [0.2, 0.25) is 5.91 Å². The molecule has 20 heavy (non-hydrogen) atoms.